The molecular weight excluding hydrogens is 390 g/mol. The van der Waals surface area contributed by atoms with E-state index in [4.69, 9.17) is 9.40 Å². The van der Waals surface area contributed by atoms with Gasteiger partial charge in [0.15, 0.2) is 0 Å². The minimum Gasteiger partial charge on any atom is -0.465 e. The molecule has 1 saturated heterocycles. The Morgan fingerprint density at radius 2 is 2.10 bits per heavy atom. The molecule has 31 heavy (non-hydrogen) atoms. The Kier molecular flexibility index (Phi) is 5.06. The van der Waals surface area contributed by atoms with Gasteiger partial charge in [-0.25, -0.2) is 4.98 Å². The minimum absolute atomic E-state index is 0.112. The van der Waals surface area contributed by atoms with E-state index in [1.165, 1.54) is 0 Å². The predicted molar refractivity (Wildman–Crippen MR) is 119 cm³/mol. The Hall–Kier alpha value is -3.41. The van der Waals surface area contributed by atoms with Crippen LogP contribution in [0.15, 0.2) is 47.1 Å². The van der Waals surface area contributed by atoms with Gasteiger partial charge < -0.3 is 15.1 Å². The van der Waals surface area contributed by atoms with Crippen molar-refractivity contribution in [1.29, 1.82) is 0 Å². The number of nitrogens with one attached hydrogen (secondary N) is 2. The number of furan rings is 1. The largest absolute Gasteiger partial charge is 0.465 e. The number of nitrogens with zero attached hydrogens (tertiary/aromatic N) is 1. The molecule has 0 spiro atoms. The minimum atomic E-state index is -0.497. The first-order chi connectivity index (χ1) is 15.1. The maximum atomic E-state index is 13.5. The molecular formula is C25H25N3O3. The SMILES string of the molecule is CC1C/C(=C/c2ccco2)c2nc3ccccc3c(C(=O)NC3CCCNC3=O)c2C1. The highest BCUT2D eigenvalue weighted by Gasteiger charge is 2.30. The van der Waals surface area contributed by atoms with Gasteiger partial charge in [-0.1, -0.05) is 25.1 Å². The van der Waals surface area contributed by atoms with Crippen molar-refractivity contribution in [2.24, 2.45) is 5.92 Å². The number of hydrogen-bond donors (Lipinski definition) is 2. The van der Waals surface area contributed by atoms with Crippen LogP contribution >= 0.6 is 0 Å². The molecule has 0 radical (unpaired) electrons. The van der Waals surface area contributed by atoms with Gasteiger partial charge >= 0.3 is 0 Å². The summed E-state index contributed by atoms with van der Waals surface area (Å²) in [6.07, 6.45) is 6.82. The molecule has 0 saturated carbocycles. The zero-order valence-corrected chi connectivity index (χ0v) is 17.5. The van der Waals surface area contributed by atoms with Gasteiger partial charge in [-0.15, -0.1) is 0 Å². The fourth-order valence-electron chi connectivity index (χ4n) is 4.68. The number of piperidine rings is 1. The van der Waals surface area contributed by atoms with Gasteiger partial charge in [-0.2, -0.15) is 0 Å². The first-order valence-electron chi connectivity index (χ1n) is 10.8. The van der Waals surface area contributed by atoms with Gasteiger partial charge in [0.05, 0.1) is 23.0 Å². The number of allylic oxidation sites excluding steroid dienone is 1. The molecule has 2 atom stereocenters. The molecule has 0 bridgehead atoms. The Labute approximate surface area is 180 Å². The van der Waals surface area contributed by atoms with Crippen molar-refractivity contribution in [3.63, 3.8) is 0 Å². The van der Waals surface area contributed by atoms with Crippen LogP contribution in [-0.2, 0) is 11.2 Å². The van der Waals surface area contributed by atoms with Crippen molar-refractivity contribution in [1.82, 2.24) is 15.6 Å². The van der Waals surface area contributed by atoms with E-state index in [-0.39, 0.29) is 11.8 Å². The number of carbonyl (C=O) groups excluding carboxylic acids is 2. The van der Waals surface area contributed by atoms with Gasteiger partial charge in [-0.05, 0) is 67.0 Å². The van der Waals surface area contributed by atoms with Crippen LogP contribution in [0.3, 0.4) is 0 Å². The predicted octanol–water partition coefficient (Wildman–Crippen LogP) is 3.96. The Morgan fingerprint density at radius 1 is 1.23 bits per heavy atom. The van der Waals surface area contributed by atoms with Crippen LogP contribution in [0.2, 0.25) is 0 Å². The smallest absolute Gasteiger partial charge is 0.252 e. The van der Waals surface area contributed by atoms with Gasteiger partial charge in [0, 0.05) is 11.9 Å². The fourth-order valence-corrected chi connectivity index (χ4v) is 4.68. The number of para-hydroxylation sites is 1. The van der Waals surface area contributed by atoms with Crippen LogP contribution in [0.1, 0.15) is 53.6 Å². The molecule has 6 nitrogen and oxygen atoms in total. The molecule has 2 aliphatic rings. The van der Waals surface area contributed by atoms with Crippen LogP contribution in [0.25, 0.3) is 22.6 Å². The summed E-state index contributed by atoms with van der Waals surface area (Å²) < 4.78 is 5.54. The third kappa shape index (κ3) is 3.74. The lowest BCUT2D eigenvalue weighted by Gasteiger charge is -2.28. The second kappa shape index (κ2) is 8.02. The van der Waals surface area contributed by atoms with Crippen LogP contribution in [-0.4, -0.2) is 29.4 Å². The molecule has 1 aliphatic heterocycles. The second-order valence-electron chi connectivity index (χ2n) is 8.49. The summed E-state index contributed by atoms with van der Waals surface area (Å²) in [5.41, 5.74) is 4.28. The van der Waals surface area contributed by atoms with Crippen LogP contribution < -0.4 is 10.6 Å². The van der Waals surface area contributed by atoms with E-state index >= 15 is 0 Å². The topological polar surface area (TPSA) is 84.2 Å². The van der Waals surface area contributed by atoms with E-state index in [9.17, 15) is 9.59 Å². The van der Waals surface area contributed by atoms with Crippen LogP contribution in [0.5, 0.6) is 0 Å². The number of hydrogen-bond acceptors (Lipinski definition) is 4. The molecule has 2 amide bonds. The molecule has 3 heterocycles. The Bertz CT molecular complexity index is 1180. The summed E-state index contributed by atoms with van der Waals surface area (Å²) >= 11 is 0. The number of pyridine rings is 1. The lowest BCUT2D eigenvalue weighted by molar-refractivity contribution is -0.124. The van der Waals surface area contributed by atoms with E-state index in [1.54, 1.807) is 6.26 Å². The summed E-state index contributed by atoms with van der Waals surface area (Å²) in [5, 5.41) is 6.65. The maximum absolute atomic E-state index is 13.5. The number of aromatic nitrogens is 1. The fraction of sp³-hybridized carbons (Fsp3) is 0.320. The average molecular weight is 415 g/mol. The van der Waals surface area contributed by atoms with Crippen molar-refractivity contribution in [3.05, 3.63) is 65.2 Å². The van der Waals surface area contributed by atoms with E-state index in [1.807, 2.05) is 42.5 Å². The molecule has 2 unspecified atom stereocenters. The molecule has 2 N–H and O–H groups in total. The second-order valence-corrected chi connectivity index (χ2v) is 8.49. The summed E-state index contributed by atoms with van der Waals surface area (Å²) in [6.45, 7) is 2.85. The van der Waals surface area contributed by atoms with Crippen molar-refractivity contribution >= 4 is 34.4 Å². The lowest BCUT2D eigenvalue weighted by atomic mass is 9.80. The quantitative estimate of drug-likeness (QED) is 0.678. The van der Waals surface area contributed by atoms with Crippen molar-refractivity contribution in [2.75, 3.05) is 6.54 Å². The summed E-state index contributed by atoms with van der Waals surface area (Å²) in [6, 6.07) is 11.0. The third-order valence-corrected chi connectivity index (χ3v) is 6.10. The first kappa shape index (κ1) is 19.5. The monoisotopic (exact) mass is 415 g/mol. The molecule has 1 fully saturated rings. The normalized spacial score (nSPS) is 22.2. The van der Waals surface area contributed by atoms with E-state index in [2.05, 4.69) is 17.6 Å². The number of benzene rings is 1. The average Bonchev–Trinajstić information content (AvgIpc) is 3.27. The number of rotatable bonds is 3. The highest BCUT2D eigenvalue weighted by molar-refractivity contribution is 6.10. The van der Waals surface area contributed by atoms with Gasteiger partial charge in [0.25, 0.3) is 5.91 Å². The zero-order valence-electron chi connectivity index (χ0n) is 17.5. The number of fused-ring (bicyclic) bond motifs is 2. The molecule has 1 aromatic carbocycles. The molecule has 6 heteroatoms. The maximum Gasteiger partial charge on any atom is 0.252 e. The van der Waals surface area contributed by atoms with Crippen molar-refractivity contribution in [3.8, 4) is 0 Å². The molecule has 1 aliphatic carbocycles. The van der Waals surface area contributed by atoms with Crippen molar-refractivity contribution < 1.29 is 14.0 Å². The first-order valence-corrected chi connectivity index (χ1v) is 10.8. The third-order valence-electron chi connectivity index (χ3n) is 6.10. The molecule has 5 rings (SSSR count). The Morgan fingerprint density at radius 3 is 2.90 bits per heavy atom. The summed E-state index contributed by atoms with van der Waals surface area (Å²) in [5.74, 6) is 0.818. The van der Waals surface area contributed by atoms with Gasteiger partial charge in [0.2, 0.25) is 5.91 Å². The summed E-state index contributed by atoms with van der Waals surface area (Å²) in [7, 11) is 0. The van der Waals surface area contributed by atoms with E-state index in [0.717, 1.165) is 52.8 Å². The van der Waals surface area contributed by atoms with Crippen molar-refractivity contribution in [2.45, 2.75) is 38.6 Å². The number of carbonyl (C=O) groups is 2. The Balaban J connectivity index is 1.64. The van der Waals surface area contributed by atoms with E-state index < -0.39 is 6.04 Å². The number of amides is 2. The van der Waals surface area contributed by atoms with Gasteiger partial charge in [0.1, 0.15) is 11.8 Å². The molecule has 3 aromatic rings. The molecule has 2 aromatic heterocycles. The van der Waals surface area contributed by atoms with Gasteiger partial charge in [-0.3, -0.25) is 9.59 Å². The van der Waals surface area contributed by atoms with E-state index in [0.29, 0.717) is 24.4 Å². The standard InChI is InChI=1S/C25H25N3O3/c1-15-12-16(14-17-6-5-11-31-17)23-19(13-15)22(18-7-2-3-8-20(18)27-23)25(30)28-21-9-4-10-26-24(21)29/h2-3,5-8,11,14-15,21H,4,9-10,12-13H2,1H3,(H,26,29)(H,28,30)/b16-14-. The summed E-state index contributed by atoms with van der Waals surface area (Å²) in [4.78, 5) is 30.7. The zero-order chi connectivity index (χ0) is 21.4. The lowest BCUT2D eigenvalue weighted by Crippen LogP contribution is -2.50. The van der Waals surface area contributed by atoms with Crippen LogP contribution in [0.4, 0.5) is 0 Å². The highest BCUT2D eigenvalue weighted by Crippen LogP contribution is 2.38. The highest BCUT2D eigenvalue weighted by atomic mass is 16.3. The molecule has 158 valence electrons. The van der Waals surface area contributed by atoms with Crippen LogP contribution in [0, 0.1) is 5.92 Å².